The lowest BCUT2D eigenvalue weighted by Gasteiger charge is -2.29. The highest BCUT2D eigenvalue weighted by Crippen LogP contribution is 2.28. The van der Waals surface area contributed by atoms with E-state index in [0.717, 1.165) is 4.90 Å². The van der Waals surface area contributed by atoms with Crippen LogP contribution < -0.4 is 19.7 Å². The lowest BCUT2D eigenvalue weighted by Crippen LogP contribution is -2.54. The Bertz CT molecular complexity index is 1050. The fraction of sp³-hybridized carbons (Fsp3) is 0.100. The third kappa shape index (κ3) is 3.94. The summed E-state index contributed by atoms with van der Waals surface area (Å²) in [7, 11) is 2.98. The van der Waals surface area contributed by atoms with Crippen LogP contribution in [0.2, 0.25) is 0 Å². The number of aromatic carboxylic acids is 1. The largest absolute Gasteiger partial charge is 0.497 e. The van der Waals surface area contributed by atoms with Crippen molar-refractivity contribution in [2.75, 3.05) is 19.1 Å². The fourth-order valence-corrected chi connectivity index (χ4v) is 3.02. The Morgan fingerprint density at radius 1 is 1.10 bits per heavy atom. The Labute approximate surface area is 171 Å². The van der Waals surface area contributed by atoms with E-state index in [1.54, 1.807) is 18.2 Å². The first-order chi connectivity index (χ1) is 13.8. The molecule has 9 heteroatoms. The molecule has 0 bridgehead atoms. The van der Waals surface area contributed by atoms with Gasteiger partial charge in [-0.3, -0.25) is 19.8 Å². The van der Waals surface area contributed by atoms with Gasteiger partial charge in [-0.05, 0) is 54.7 Å². The highest BCUT2D eigenvalue weighted by molar-refractivity contribution is 7.80. The van der Waals surface area contributed by atoms with E-state index in [0.29, 0.717) is 22.7 Å². The molecule has 1 aliphatic rings. The van der Waals surface area contributed by atoms with E-state index in [-0.39, 0.29) is 16.2 Å². The van der Waals surface area contributed by atoms with Crippen molar-refractivity contribution in [2.45, 2.75) is 0 Å². The van der Waals surface area contributed by atoms with E-state index in [1.165, 1.54) is 44.6 Å². The highest BCUT2D eigenvalue weighted by Gasteiger charge is 2.34. The molecule has 8 nitrogen and oxygen atoms in total. The average molecular weight is 412 g/mol. The predicted octanol–water partition coefficient (Wildman–Crippen LogP) is 2.23. The van der Waals surface area contributed by atoms with E-state index in [2.05, 4.69) is 5.32 Å². The Morgan fingerprint density at radius 3 is 2.38 bits per heavy atom. The summed E-state index contributed by atoms with van der Waals surface area (Å²) in [5.74, 6) is -1.40. The van der Waals surface area contributed by atoms with Crippen LogP contribution in [0.1, 0.15) is 15.9 Å². The molecule has 0 unspecified atom stereocenters. The van der Waals surface area contributed by atoms with Crippen molar-refractivity contribution in [1.82, 2.24) is 5.32 Å². The standard InChI is InChI=1S/C20H16N2O6S/c1-27-14-8-5-12(16(10-14)28-2)9-15-17(23)21-20(29)22(18(15)24)13-6-3-11(4-7-13)19(25)26/h3-10H,1-2H3,(H,25,26)(H,21,23,29)/b15-9+. The van der Waals surface area contributed by atoms with Crippen LogP contribution in [-0.2, 0) is 9.59 Å². The summed E-state index contributed by atoms with van der Waals surface area (Å²) >= 11 is 5.14. The van der Waals surface area contributed by atoms with Crippen molar-refractivity contribution in [3.05, 3.63) is 59.2 Å². The molecule has 1 heterocycles. The molecule has 0 radical (unpaired) electrons. The smallest absolute Gasteiger partial charge is 0.335 e. The van der Waals surface area contributed by atoms with Crippen molar-refractivity contribution in [3.8, 4) is 11.5 Å². The summed E-state index contributed by atoms with van der Waals surface area (Å²) < 4.78 is 10.5. The van der Waals surface area contributed by atoms with Crippen molar-refractivity contribution >= 4 is 46.9 Å². The molecule has 0 saturated carbocycles. The number of carbonyl (C=O) groups is 3. The number of carbonyl (C=O) groups excluding carboxylic acids is 2. The number of ether oxygens (including phenoxy) is 2. The number of nitrogens with zero attached hydrogens (tertiary/aromatic N) is 1. The summed E-state index contributed by atoms with van der Waals surface area (Å²) in [4.78, 5) is 37.6. The quantitative estimate of drug-likeness (QED) is 0.441. The topological polar surface area (TPSA) is 105 Å². The maximum atomic E-state index is 13.0. The van der Waals surface area contributed by atoms with Crippen molar-refractivity contribution < 1.29 is 29.0 Å². The van der Waals surface area contributed by atoms with Crippen LogP contribution in [0.5, 0.6) is 11.5 Å². The number of hydrogen-bond donors (Lipinski definition) is 2. The van der Waals surface area contributed by atoms with Gasteiger partial charge in [-0.1, -0.05) is 0 Å². The first-order valence-electron chi connectivity index (χ1n) is 8.32. The van der Waals surface area contributed by atoms with Crippen LogP contribution in [0.15, 0.2) is 48.0 Å². The highest BCUT2D eigenvalue weighted by atomic mass is 32.1. The van der Waals surface area contributed by atoms with Crippen LogP contribution in [0, 0.1) is 0 Å². The first kappa shape index (κ1) is 20.0. The van der Waals surface area contributed by atoms with Crippen LogP contribution in [0.3, 0.4) is 0 Å². The van der Waals surface area contributed by atoms with Gasteiger partial charge in [0.05, 0.1) is 25.5 Å². The molecule has 2 aromatic rings. The number of hydrogen-bond acceptors (Lipinski definition) is 6. The molecule has 29 heavy (non-hydrogen) atoms. The second-order valence-electron chi connectivity index (χ2n) is 5.92. The summed E-state index contributed by atoms with van der Waals surface area (Å²) in [6, 6.07) is 10.5. The number of thiocarbonyl (C=S) groups is 1. The zero-order valence-corrected chi connectivity index (χ0v) is 16.3. The van der Waals surface area contributed by atoms with E-state index < -0.39 is 17.8 Å². The number of carboxylic acids is 1. The molecule has 0 aromatic heterocycles. The van der Waals surface area contributed by atoms with Gasteiger partial charge in [0.15, 0.2) is 5.11 Å². The number of amides is 2. The molecule has 1 saturated heterocycles. The van der Waals surface area contributed by atoms with Gasteiger partial charge in [0, 0.05) is 11.6 Å². The third-order valence-corrected chi connectivity index (χ3v) is 4.50. The summed E-state index contributed by atoms with van der Waals surface area (Å²) in [6.45, 7) is 0. The van der Waals surface area contributed by atoms with Crippen molar-refractivity contribution in [2.24, 2.45) is 0 Å². The lowest BCUT2D eigenvalue weighted by atomic mass is 10.1. The van der Waals surface area contributed by atoms with Crippen molar-refractivity contribution in [1.29, 1.82) is 0 Å². The van der Waals surface area contributed by atoms with Gasteiger partial charge < -0.3 is 14.6 Å². The third-order valence-electron chi connectivity index (χ3n) is 4.21. The van der Waals surface area contributed by atoms with Gasteiger partial charge >= 0.3 is 5.97 Å². The van der Waals surface area contributed by atoms with Gasteiger partial charge in [0.1, 0.15) is 17.1 Å². The molecular weight excluding hydrogens is 396 g/mol. The van der Waals surface area contributed by atoms with Crippen LogP contribution in [0.25, 0.3) is 6.08 Å². The minimum Gasteiger partial charge on any atom is -0.497 e. The molecule has 0 atom stereocenters. The average Bonchev–Trinajstić information content (AvgIpc) is 2.71. The number of rotatable bonds is 5. The normalized spacial score (nSPS) is 15.3. The van der Waals surface area contributed by atoms with E-state index in [9.17, 15) is 14.4 Å². The van der Waals surface area contributed by atoms with Gasteiger partial charge in [-0.15, -0.1) is 0 Å². The van der Waals surface area contributed by atoms with Gasteiger partial charge in [0.25, 0.3) is 11.8 Å². The fourth-order valence-electron chi connectivity index (χ4n) is 2.74. The molecular formula is C20H16N2O6S. The summed E-state index contributed by atoms with van der Waals surface area (Å²) in [6.07, 6.45) is 1.40. The van der Waals surface area contributed by atoms with Gasteiger partial charge in [-0.2, -0.15) is 0 Å². The van der Waals surface area contributed by atoms with Crippen LogP contribution in [0.4, 0.5) is 5.69 Å². The first-order valence-corrected chi connectivity index (χ1v) is 8.73. The molecule has 1 aliphatic heterocycles. The van der Waals surface area contributed by atoms with Crippen molar-refractivity contribution in [3.63, 3.8) is 0 Å². The number of carboxylic acid groups (broad SMARTS) is 1. The molecule has 3 rings (SSSR count). The van der Waals surface area contributed by atoms with Crippen LogP contribution in [-0.4, -0.2) is 42.2 Å². The number of nitrogens with one attached hydrogen (secondary N) is 1. The monoisotopic (exact) mass is 412 g/mol. The zero-order valence-electron chi connectivity index (χ0n) is 15.5. The van der Waals surface area contributed by atoms with Gasteiger partial charge in [0.2, 0.25) is 0 Å². The van der Waals surface area contributed by atoms with Crippen LogP contribution >= 0.6 is 12.2 Å². The molecule has 1 fully saturated rings. The molecule has 0 aliphatic carbocycles. The zero-order chi connectivity index (χ0) is 21.1. The second-order valence-corrected chi connectivity index (χ2v) is 6.30. The second kappa shape index (κ2) is 8.11. The molecule has 2 aromatic carbocycles. The summed E-state index contributed by atoms with van der Waals surface area (Å²) in [5, 5.41) is 11.4. The maximum absolute atomic E-state index is 13.0. The maximum Gasteiger partial charge on any atom is 0.335 e. The SMILES string of the molecule is COc1ccc(/C=C2\C(=O)NC(=S)N(c3ccc(C(=O)O)cc3)C2=O)c(OC)c1. The Balaban J connectivity index is 2.01. The Morgan fingerprint density at radius 2 is 1.79 bits per heavy atom. The summed E-state index contributed by atoms with van der Waals surface area (Å²) in [5.41, 5.74) is 0.745. The lowest BCUT2D eigenvalue weighted by molar-refractivity contribution is -0.122. The van der Waals surface area contributed by atoms with E-state index in [4.69, 9.17) is 26.8 Å². The van der Waals surface area contributed by atoms with Gasteiger partial charge in [-0.25, -0.2) is 4.79 Å². The van der Waals surface area contributed by atoms with E-state index >= 15 is 0 Å². The Kier molecular flexibility index (Phi) is 5.60. The number of anilines is 1. The molecule has 0 spiro atoms. The molecule has 2 N–H and O–H groups in total. The predicted molar refractivity (Wildman–Crippen MR) is 109 cm³/mol. The molecule has 2 amide bonds. The number of methoxy groups -OCH3 is 2. The minimum absolute atomic E-state index is 0.0619. The van der Waals surface area contributed by atoms with E-state index in [1.807, 2.05) is 0 Å². The Hall–Kier alpha value is -3.72. The minimum atomic E-state index is -1.09. The molecule has 148 valence electrons. The number of benzene rings is 2.